The number of hydrogen-bond acceptors (Lipinski definition) is 0. The highest BCUT2D eigenvalue weighted by atomic mass is 19.1. The van der Waals surface area contributed by atoms with Gasteiger partial charge in [0.1, 0.15) is 5.82 Å². The first kappa shape index (κ1) is 11.4. The van der Waals surface area contributed by atoms with E-state index in [1.54, 1.807) is 6.07 Å². The van der Waals surface area contributed by atoms with Crippen LogP contribution in [0, 0.1) is 5.82 Å². The van der Waals surface area contributed by atoms with Crippen molar-refractivity contribution in [3.05, 3.63) is 83.7 Å². The third-order valence-electron chi connectivity index (χ3n) is 4.01. The van der Waals surface area contributed by atoms with Crippen molar-refractivity contribution in [3.63, 3.8) is 0 Å². The van der Waals surface area contributed by atoms with Gasteiger partial charge in [0.15, 0.2) is 0 Å². The summed E-state index contributed by atoms with van der Waals surface area (Å²) in [5.41, 5.74) is 6.78. The summed E-state index contributed by atoms with van der Waals surface area (Å²) in [5, 5.41) is 0. The summed E-state index contributed by atoms with van der Waals surface area (Å²) in [7, 11) is 0. The standard InChI is InChI=1S/C19H13F/c20-19-11-4-3-8-17(19)16-10-5-9-15-14-7-2-1-6-13(14)12-18(15)16/h1-11H,12H2. The van der Waals surface area contributed by atoms with Crippen LogP contribution in [0.25, 0.3) is 22.3 Å². The van der Waals surface area contributed by atoms with Crippen molar-refractivity contribution in [2.45, 2.75) is 6.42 Å². The molecule has 4 rings (SSSR count). The topological polar surface area (TPSA) is 0 Å². The van der Waals surface area contributed by atoms with Gasteiger partial charge in [-0.15, -0.1) is 0 Å². The van der Waals surface area contributed by atoms with E-state index in [2.05, 4.69) is 30.3 Å². The Morgan fingerprint density at radius 3 is 2.00 bits per heavy atom. The van der Waals surface area contributed by atoms with Gasteiger partial charge in [0.05, 0.1) is 0 Å². The van der Waals surface area contributed by atoms with Crippen molar-refractivity contribution in [2.75, 3.05) is 0 Å². The van der Waals surface area contributed by atoms with Gasteiger partial charge in [-0.25, -0.2) is 4.39 Å². The number of benzene rings is 3. The molecule has 1 aliphatic rings. The Balaban J connectivity index is 1.97. The maximum absolute atomic E-state index is 14.1. The van der Waals surface area contributed by atoms with E-state index in [1.807, 2.05) is 24.3 Å². The number of halogens is 1. The van der Waals surface area contributed by atoms with Crippen LogP contribution in [-0.2, 0) is 6.42 Å². The van der Waals surface area contributed by atoms with Gasteiger partial charge in [-0.3, -0.25) is 0 Å². The molecule has 0 aliphatic heterocycles. The maximum atomic E-state index is 14.1. The largest absolute Gasteiger partial charge is 0.206 e. The predicted molar refractivity (Wildman–Crippen MR) is 80.1 cm³/mol. The van der Waals surface area contributed by atoms with Crippen molar-refractivity contribution in [1.82, 2.24) is 0 Å². The van der Waals surface area contributed by atoms with E-state index in [0.717, 1.165) is 12.0 Å². The summed E-state index contributed by atoms with van der Waals surface area (Å²) in [4.78, 5) is 0. The fourth-order valence-electron chi connectivity index (χ4n) is 3.09. The minimum Gasteiger partial charge on any atom is -0.206 e. The van der Waals surface area contributed by atoms with Crippen LogP contribution in [0.1, 0.15) is 11.1 Å². The predicted octanol–water partition coefficient (Wildman–Crippen LogP) is 5.06. The summed E-state index contributed by atoms with van der Waals surface area (Å²) >= 11 is 0. The SMILES string of the molecule is Fc1ccccc1-c1cccc2c1Cc1ccccc1-2. The molecule has 0 bridgehead atoms. The lowest BCUT2D eigenvalue weighted by Crippen LogP contribution is -1.90. The van der Waals surface area contributed by atoms with E-state index < -0.39 is 0 Å². The second-order valence-corrected chi connectivity index (χ2v) is 5.15. The van der Waals surface area contributed by atoms with E-state index in [0.29, 0.717) is 5.56 Å². The van der Waals surface area contributed by atoms with Gasteiger partial charge in [-0.2, -0.15) is 0 Å². The fourth-order valence-corrected chi connectivity index (χ4v) is 3.09. The van der Waals surface area contributed by atoms with Gasteiger partial charge >= 0.3 is 0 Å². The van der Waals surface area contributed by atoms with Crippen LogP contribution in [0.15, 0.2) is 66.7 Å². The van der Waals surface area contributed by atoms with Crippen LogP contribution in [0.4, 0.5) is 4.39 Å². The number of rotatable bonds is 1. The molecule has 96 valence electrons. The highest BCUT2D eigenvalue weighted by molar-refractivity contribution is 5.84. The molecule has 0 spiro atoms. The molecule has 3 aromatic carbocycles. The van der Waals surface area contributed by atoms with Gasteiger partial charge < -0.3 is 0 Å². The Morgan fingerprint density at radius 2 is 1.20 bits per heavy atom. The summed E-state index contributed by atoms with van der Waals surface area (Å²) in [6.45, 7) is 0. The van der Waals surface area contributed by atoms with E-state index >= 15 is 0 Å². The lowest BCUT2D eigenvalue weighted by atomic mass is 9.95. The van der Waals surface area contributed by atoms with Crippen LogP contribution in [0.3, 0.4) is 0 Å². The highest BCUT2D eigenvalue weighted by Gasteiger charge is 2.21. The molecule has 0 amide bonds. The molecule has 0 fully saturated rings. The fraction of sp³-hybridized carbons (Fsp3) is 0.0526. The first-order valence-electron chi connectivity index (χ1n) is 6.79. The van der Waals surface area contributed by atoms with Crippen LogP contribution in [-0.4, -0.2) is 0 Å². The first-order chi connectivity index (χ1) is 9.84. The summed E-state index contributed by atoms with van der Waals surface area (Å²) in [6.07, 6.45) is 0.885. The molecule has 0 radical (unpaired) electrons. The molecule has 20 heavy (non-hydrogen) atoms. The quantitative estimate of drug-likeness (QED) is 0.448. The van der Waals surface area contributed by atoms with Crippen LogP contribution >= 0.6 is 0 Å². The number of fused-ring (bicyclic) bond motifs is 3. The molecule has 3 aromatic rings. The Kier molecular flexibility index (Phi) is 2.46. The second kappa shape index (κ2) is 4.31. The molecule has 1 heteroatoms. The minimum atomic E-state index is -0.156. The van der Waals surface area contributed by atoms with Crippen LogP contribution in [0.2, 0.25) is 0 Å². The Hall–Kier alpha value is -2.41. The van der Waals surface area contributed by atoms with E-state index in [9.17, 15) is 4.39 Å². The molecule has 0 saturated heterocycles. The Morgan fingerprint density at radius 1 is 0.600 bits per heavy atom. The van der Waals surface area contributed by atoms with Crippen molar-refractivity contribution in [1.29, 1.82) is 0 Å². The van der Waals surface area contributed by atoms with E-state index in [1.165, 1.54) is 28.3 Å². The summed E-state index contributed by atoms with van der Waals surface area (Å²) < 4.78 is 14.1. The Bertz CT molecular complexity index is 802. The average Bonchev–Trinajstić information content (AvgIpc) is 2.86. The molecule has 0 N–H and O–H groups in total. The zero-order chi connectivity index (χ0) is 13.5. The second-order valence-electron chi connectivity index (χ2n) is 5.15. The van der Waals surface area contributed by atoms with Crippen LogP contribution in [0.5, 0.6) is 0 Å². The monoisotopic (exact) mass is 260 g/mol. The van der Waals surface area contributed by atoms with Crippen molar-refractivity contribution < 1.29 is 4.39 Å². The van der Waals surface area contributed by atoms with Crippen LogP contribution < -0.4 is 0 Å². The Labute approximate surface area is 117 Å². The molecule has 0 heterocycles. The zero-order valence-electron chi connectivity index (χ0n) is 10.9. The van der Waals surface area contributed by atoms with Gasteiger partial charge in [0, 0.05) is 5.56 Å². The lowest BCUT2D eigenvalue weighted by Gasteiger charge is -2.09. The normalized spacial score (nSPS) is 12.1. The minimum absolute atomic E-state index is 0.156. The highest BCUT2D eigenvalue weighted by Crippen LogP contribution is 2.41. The molecular weight excluding hydrogens is 247 g/mol. The van der Waals surface area contributed by atoms with E-state index in [-0.39, 0.29) is 5.82 Å². The van der Waals surface area contributed by atoms with Gasteiger partial charge in [0.2, 0.25) is 0 Å². The van der Waals surface area contributed by atoms with Crippen molar-refractivity contribution in [2.24, 2.45) is 0 Å². The van der Waals surface area contributed by atoms with Gasteiger partial charge in [0.25, 0.3) is 0 Å². The summed E-state index contributed by atoms with van der Waals surface area (Å²) in [6, 6.07) is 21.6. The molecule has 1 aliphatic carbocycles. The van der Waals surface area contributed by atoms with Crippen molar-refractivity contribution >= 4 is 0 Å². The molecule has 0 aromatic heterocycles. The molecule has 0 atom stereocenters. The third-order valence-corrected chi connectivity index (χ3v) is 4.01. The molecule has 0 saturated carbocycles. The van der Waals surface area contributed by atoms with Gasteiger partial charge in [-0.05, 0) is 40.3 Å². The summed E-state index contributed by atoms with van der Waals surface area (Å²) in [5.74, 6) is -0.156. The third kappa shape index (κ3) is 1.60. The molecular formula is C19H13F. The van der Waals surface area contributed by atoms with Gasteiger partial charge in [-0.1, -0.05) is 60.7 Å². The maximum Gasteiger partial charge on any atom is 0.131 e. The first-order valence-corrected chi connectivity index (χ1v) is 6.79. The molecule has 0 nitrogen and oxygen atoms in total. The lowest BCUT2D eigenvalue weighted by molar-refractivity contribution is 0.631. The smallest absolute Gasteiger partial charge is 0.131 e. The number of hydrogen-bond donors (Lipinski definition) is 0. The molecule has 0 unspecified atom stereocenters. The van der Waals surface area contributed by atoms with E-state index in [4.69, 9.17) is 0 Å². The average molecular weight is 260 g/mol. The zero-order valence-corrected chi connectivity index (χ0v) is 10.9. The van der Waals surface area contributed by atoms with Crippen molar-refractivity contribution in [3.8, 4) is 22.3 Å².